The Labute approximate surface area is 245 Å². The van der Waals surface area contributed by atoms with Crippen molar-refractivity contribution in [1.82, 2.24) is 14.2 Å². The molecule has 218 valence electrons. The third-order valence-corrected chi connectivity index (χ3v) is 10.2. The fourth-order valence-corrected chi connectivity index (χ4v) is 8.13. The number of ether oxygens (including phenoxy) is 1. The maximum atomic E-state index is 13.8. The molecule has 0 N–H and O–H groups in total. The molecule has 2 atom stereocenters. The van der Waals surface area contributed by atoms with E-state index in [1.54, 1.807) is 27.4 Å². The number of anilines is 1. The number of nitrogens with zero attached hydrogens (tertiary/aromatic N) is 4. The first-order valence-electron chi connectivity index (χ1n) is 13.5. The lowest BCUT2D eigenvalue weighted by atomic mass is 9.94. The number of hydrogen-bond acceptors (Lipinski definition) is 7. The first-order valence-corrected chi connectivity index (χ1v) is 15.7. The molecular formula is C28H36ClFN4O4S2. The van der Waals surface area contributed by atoms with Crippen molar-refractivity contribution in [3.63, 3.8) is 0 Å². The highest BCUT2D eigenvalue weighted by Crippen LogP contribution is 2.31. The molecule has 0 spiro atoms. The van der Waals surface area contributed by atoms with Crippen molar-refractivity contribution in [2.24, 2.45) is 11.8 Å². The third kappa shape index (κ3) is 7.00. The number of halogens is 2. The molecule has 2 aliphatic heterocycles. The summed E-state index contributed by atoms with van der Waals surface area (Å²) in [4.78, 5) is 22.5. The number of fused-ring (bicyclic) bond motifs is 1. The Morgan fingerprint density at radius 3 is 2.45 bits per heavy atom. The first kappa shape index (κ1) is 30.8. The van der Waals surface area contributed by atoms with Crippen molar-refractivity contribution in [2.45, 2.75) is 31.6 Å². The summed E-state index contributed by atoms with van der Waals surface area (Å²) in [6, 6.07) is 10.6. The molecule has 40 heavy (non-hydrogen) atoms. The zero-order valence-electron chi connectivity index (χ0n) is 22.8. The van der Waals surface area contributed by atoms with Gasteiger partial charge in [-0.3, -0.25) is 14.6 Å². The van der Waals surface area contributed by atoms with E-state index in [9.17, 15) is 17.6 Å². The summed E-state index contributed by atoms with van der Waals surface area (Å²) in [7, 11) is -3.64. The zero-order valence-corrected chi connectivity index (χ0v) is 25.2. The van der Waals surface area contributed by atoms with Gasteiger partial charge in [0.1, 0.15) is 5.82 Å². The molecule has 0 bridgehead atoms. The summed E-state index contributed by atoms with van der Waals surface area (Å²) in [5, 5.41) is 0.496. The van der Waals surface area contributed by atoms with Crippen LogP contribution >= 0.6 is 23.7 Å². The summed E-state index contributed by atoms with van der Waals surface area (Å²) >= 11 is 1.27. The molecule has 3 heterocycles. The fourth-order valence-electron chi connectivity index (χ4n) is 5.44. The number of benzene rings is 2. The van der Waals surface area contributed by atoms with E-state index in [1.165, 1.54) is 35.6 Å². The van der Waals surface area contributed by atoms with Crippen LogP contribution in [0.5, 0.6) is 0 Å². The number of rotatable bonds is 8. The lowest BCUT2D eigenvalue weighted by Gasteiger charge is -2.34. The third-order valence-electron chi connectivity index (χ3n) is 7.35. The van der Waals surface area contributed by atoms with Crippen molar-refractivity contribution in [3.05, 3.63) is 53.8 Å². The van der Waals surface area contributed by atoms with E-state index < -0.39 is 10.0 Å². The molecule has 5 rings (SSSR count). The van der Waals surface area contributed by atoms with Gasteiger partial charge in [0.25, 0.3) is 5.91 Å². The van der Waals surface area contributed by atoms with Gasteiger partial charge in [-0.05, 0) is 67.1 Å². The van der Waals surface area contributed by atoms with Crippen LogP contribution in [0.15, 0.2) is 47.4 Å². The van der Waals surface area contributed by atoms with Gasteiger partial charge in [0, 0.05) is 44.8 Å². The van der Waals surface area contributed by atoms with Gasteiger partial charge in [0.05, 0.1) is 28.3 Å². The maximum Gasteiger partial charge on any atom is 0.260 e. The quantitative estimate of drug-likeness (QED) is 0.361. The predicted molar refractivity (Wildman–Crippen MR) is 159 cm³/mol. The summed E-state index contributed by atoms with van der Waals surface area (Å²) in [5.74, 6) is -0.00628. The van der Waals surface area contributed by atoms with E-state index in [4.69, 9.17) is 4.74 Å². The molecule has 8 nitrogen and oxygen atoms in total. The Morgan fingerprint density at radius 1 is 1.10 bits per heavy atom. The van der Waals surface area contributed by atoms with Gasteiger partial charge in [-0.15, -0.1) is 12.4 Å². The minimum Gasteiger partial charge on any atom is -0.379 e. The average molecular weight is 611 g/mol. The molecule has 3 aromatic rings. The number of amides is 1. The maximum absolute atomic E-state index is 13.8. The molecule has 0 saturated carbocycles. The Hall–Kier alpha value is -2.15. The number of sulfonamides is 1. The van der Waals surface area contributed by atoms with Crippen LogP contribution in [-0.4, -0.2) is 81.0 Å². The van der Waals surface area contributed by atoms with E-state index in [1.807, 2.05) is 0 Å². The van der Waals surface area contributed by atoms with Crippen LogP contribution in [0, 0.1) is 17.7 Å². The van der Waals surface area contributed by atoms with Crippen molar-refractivity contribution in [2.75, 3.05) is 57.4 Å². The molecule has 2 saturated heterocycles. The van der Waals surface area contributed by atoms with Crippen molar-refractivity contribution in [3.8, 4) is 0 Å². The minimum absolute atomic E-state index is 0. The topological polar surface area (TPSA) is 83.1 Å². The van der Waals surface area contributed by atoms with E-state index in [-0.39, 0.29) is 29.0 Å². The summed E-state index contributed by atoms with van der Waals surface area (Å²) < 4.78 is 48.1. The number of morpholine rings is 1. The lowest BCUT2D eigenvalue weighted by molar-refractivity contribution is 0.0376. The number of aromatic nitrogens is 1. The van der Waals surface area contributed by atoms with Crippen molar-refractivity contribution in [1.29, 1.82) is 0 Å². The molecule has 2 aliphatic rings. The SMILES string of the molecule is CC1CC(C)CN(S(=O)(=O)c2ccc(C(=O)N(CCCN3CCOCC3)c3nc4ccc(F)cc4s3)cc2)C1.Cl. The Morgan fingerprint density at radius 2 is 1.77 bits per heavy atom. The lowest BCUT2D eigenvalue weighted by Crippen LogP contribution is -2.42. The molecule has 2 fully saturated rings. The fraction of sp³-hybridized carbons (Fsp3) is 0.500. The van der Waals surface area contributed by atoms with Gasteiger partial charge in [0.2, 0.25) is 10.0 Å². The highest BCUT2D eigenvalue weighted by atomic mass is 35.5. The van der Waals surface area contributed by atoms with Crippen LogP contribution in [0.3, 0.4) is 0 Å². The molecule has 2 aromatic carbocycles. The zero-order chi connectivity index (χ0) is 27.6. The van der Waals surface area contributed by atoms with Crippen LogP contribution in [0.1, 0.15) is 37.0 Å². The minimum atomic E-state index is -3.64. The van der Waals surface area contributed by atoms with E-state index in [0.717, 1.165) is 32.5 Å². The largest absolute Gasteiger partial charge is 0.379 e. The number of thiazole rings is 1. The second-order valence-corrected chi connectivity index (χ2v) is 13.6. The molecule has 2 unspecified atom stereocenters. The van der Waals surface area contributed by atoms with Crippen LogP contribution in [0.25, 0.3) is 10.2 Å². The molecular weight excluding hydrogens is 575 g/mol. The smallest absolute Gasteiger partial charge is 0.260 e. The monoisotopic (exact) mass is 610 g/mol. The number of piperidine rings is 1. The van der Waals surface area contributed by atoms with Gasteiger partial charge < -0.3 is 4.74 Å². The highest BCUT2D eigenvalue weighted by molar-refractivity contribution is 7.89. The molecule has 0 aliphatic carbocycles. The number of carbonyl (C=O) groups excluding carboxylic acids is 1. The van der Waals surface area contributed by atoms with Crippen LogP contribution < -0.4 is 4.90 Å². The average Bonchev–Trinajstić information content (AvgIpc) is 3.33. The van der Waals surface area contributed by atoms with E-state index in [0.29, 0.717) is 65.6 Å². The Kier molecular flexibility index (Phi) is 10.2. The molecule has 12 heteroatoms. The first-order chi connectivity index (χ1) is 18.7. The molecule has 0 radical (unpaired) electrons. The van der Waals surface area contributed by atoms with Gasteiger partial charge in [-0.1, -0.05) is 25.2 Å². The van der Waals surface area contributed by atoms with Gasteiger partial charge in [0.15, 0.2) is 5.13 Å². The standard InChI is InChI=1S/C28H35FN4O4S2.ClH/c1-20-16-21(2)19-32(18-20)39(35,36)24-7-4-22(5-8-24)27(34)33(11-3-10-31-12-14-37-15-13-31)28-30-25-9-6-23(29)17-26(25)38-28;/h4-9,17,20-21H,3,10-16,18-19H2,1-2H3;1H. The van der Waals surface area contributed by atoms with Crippen molar-refractivity contribution >= 4 is 55.0 Å². The van der Waals surface area contributed by atoms with Crippen LogP contribution in [0.2, 0.25) is 0 Å². The second-order valence-electron chi connectivity index (χ2n) is 10.7. The summed E-state index contributed by atoms with van der Waals surface area (Å²) in [6.45, 7) is 9.53. The summed E-state index contributed by atoms with van der Waals surface area (Å²) in [5.41, 5.74) is 1.01. The highest BCUT2D eigenvalue weighted by Gasteiger charge is 2.32. The van der Waals surface area contributed by atoms with Gasteiger partial charge >= 0.3 is 0 Å². The van der Waals surface area contributed by atoms with Crippen molar-refractivity contribution < 1.29 is 22.3 Å². The Balaban J connectivity index is 0.00000370. The summed E-state index contributed by atoms with van der Waals surface area (Å²) in [6.07, 6.45) is 1.74. The normalized spacial score (nSPS) is 20.8. The number of carbonyl (C=O) groups is 1. The van der Waals surface area contributed by atoms with E-state index in [2.05, 4.69) is 23.7 Å². The predicted octanol–water partition coefficient (Wildman–Crippen LogP) is 4.89. The van der Waals surface area contributed by atoms with Crippen LogP contribution in [0.4, 0.5) is 9.52 Å². The molecule has 1 amide bonds. The van der Waals surface area contributed by atoms with Gasteiger partial charge in [-0.25, -0.2) is 17.8 Å². The second kappa shape index (κ2) is 13.2. The number of hydrogen-bond donors (Lipinski definition) is 0. The van der Waals surface area contributed by atoms with Gasteiger partial charge in [-0.2, -0.15) is 4.31 Å². The van der Waals surface area contributed by atoms with Crippen LogP contribution in [-0.2, 0) is 14.8 Å². The van der Waals surface area contributed by atoms with E-state index >= 15 is 0 Å². The Bertz CT molecular complexity index is 1400. The molecule has 1 aromatic heterocycles.